The molecular formula is C14H22N2O4S. The van der Waals surface area contributed by atoms with Crippen LogP contribution in [0.2, 0.25) is 0 Å². The first kappa shape index (κ1) is 17.5. The van der Waals surface area contributed by atoms with Gasteiger partial charge in [-0.1, -0.05) is 12.1 Å². The highest BCUT2D eigenvalue weighted by Crippen LogP contribution is 2.14. The van der Waals surface area contributed by atoms with Gasteiger partial charge in [-0.25, -0.2) is 8.42 Å². The third-order valence-electron chi connectivity index (χ3n) is 2.76. The molecule has 1 aromatic carbocycles. The number of hydrogen-bond acceptors (Lipinski definition) is 4. The van der Waals surface area contributed by atoms with Gasteiger partial charge in [-0.15, -0.1) is 0 Å². The van der Waals surface area contributed by atoms with E-state index in [-0.39, 0.29) is 25.0 Å². The molecule has 1 amide bonds. The summed E-state index contributed by atoms with van der Waals surface area (Å²) < 4.78 is 29.8. The molecule has 0 heterocycles. The zero-order chi connectivity index (χ0) is 16.0. The van der Waals surface area contributed by atoms with Crippen LogP contribution in [0.15, 0.2) is 24.3 Å². The maximum absolute atomic E-state index is 11.8. The maximum atomic E-state index is 11.8. The third-order valence-corrected chi connectivity index (χ3v) is 3.95. The number of nitrogens with one attached hydrogen (secondary N) is 1. The van der Waals surface area contributed by atoms with Crippen molar-refractivity contribution < 1.29 is 17.9 Å². The number of carbonyl (C=O) groups excluding carboxylic acids is 1. The van der Waals surface area contributed by atoms with Gasteiger partial charge in [0.1, 0.15) is 5.75 Å². The summed E-state index contributed by atoms with van der Waals surface area (Å²) in [5, 5.41) is 2.68. The van der Waals surface area contributed by atoms with Crippen LogP contribution in [0.4, 0.5) is 0 Å². The summed E-state index contributed by atoms with van der Waals surface area (Å²) >= 11 is 0. The van der Waals surface area contributed by atoms with Gasteiger partial charge in [0, 0.05) is 12.6 Å². The van der Waals surface area contributed by atoms with Crippen molar-refractivity contribution in [1.82, 2.24) is 9.62 Å². The molecule has 6 nitrogen and oxygen atoms in total. The Morgan fingerprint density at radius 2 is 1.86 bits per heavy atom. The van der Waals surface area contributed by atoms with Crippen LogP contribution in [0.3, 0.4) is 0 Å². The second-order valence-electron chi connectivity index (χ2n) is 5.10. The predicted molar refractivity (Wildman–Crippen MR) is 81.5 cm³/mol. The fourth-order valence-electron chi connectivity index (χ4n) is 1.75. The van der Waals surface area contributed by atoms with E-state index in [1.807, 2.05) is 13.8 Å². The van der Waals surface area contributed by atoms with E-state index in [1.54, 1.807) is 31.4 Å². The maximum Gasteiger partial charge on any atom is 0.235 e. The standard InChI is InChI=1S/C14H22N2O4S/c1-11(2)15-14(17)10-16(21(4,18)19)9-12-5-7-13(20-3)8-6-12/h5-8,11H,9-10H2,1-4H3,(H,15,17). The Bertz CT molecular complexity index is 567. The number of rotatable bonds is 7. The molecule has 0 unspecified atom stereocenters. The molecule has 0 atom stereocenters. The molecule has 1 rings (SSSR count). The second kappa shape index (κ2) is 7.42. The number of methoxy groups -OCH3 is 1. The zero-order valence-corrected chi connectivity index (χ0v) is 13.6. The van der Waals surface area contributed by atoms with Gasteiger partial charge in [0.2, 0.25) is 15.9 Å². The van der Waals surface area contributed by atoms with Gasteiger partial charge in [0.25, 0.3) is 0 Å². The Labute approximate surface area is 126 Å². The molecule has 118 valence electrons. The summed E-state index contributed by atoms with van der Waals surface area (Å²) in [7, 11) is -1.90. The van der Waals surface area contributed by atoms with E-state index >= 15 is 0 Å². The van der Waals surface area contributed by atoms with E-state index in [9.17, 15) is 13.2 Å². The Kier molecular flexibility index (Phi) is 6.17. The number of benzene rings is 1. The monoisotopic (exact) mass is 314 g/mol. The van der Waals surface area contributed by atoms with Gasteiger partial charge in [-0.2, -0.15) is 4.31 Å². The summed E-state index contributed by atoms with van der Waals surface area (Å²) in [6, 6.07) is 7.03. The van der Waals surface area contributed by atoms with E-state index in [0.717, 1.165) is 16.1 Å². The number of carbonyl (C=O) groups is 1. The Morgan fingerprint density at radius 3 is 2.29 bits per heavy atom. The molecule has 0 saturated carbocycles. The molecule has 0 aliphatic heterocycles. The minimum Gasteiger partial charge on any atom is -0.497 e. The third kappa shape index (κ3) is 6.14. The van der Waals surface area contributed by atoms with Crippen molar-refractivity contribution in [2.24, 2.45) is 0 Å². The molecule has 21 heavy (non-hydrogen) atoms. The fraction of sp³-hybridized carbons (Fsp3) is 0.500. The smallest absolute Gasteiger partial charge is 0.235 e. The van der Waals surface area contributed by atoms with Gasteiger partial charge in [-0.05, 0) is 31.5 Å². The molecule has 0 fully saturated rings. The molecule has 1 aromatic rings. The number of nitrogens with zero attached hydrogens (tertiary/aromatic N) is 1. The van der Waals surface area contributed by atoms with Crippen molar-refractivity contribution in [3.8, 4) is 5.75 Å². The van der Waals surface area contributed by atoms with Crippen LogP contribution in [-0.2, 0) is 21.4 Å². The first-order chi connectivity index (χ1) is 9.72. The van der Waals surface area contributed by atoms with Crippen LogP contribution in [0.1, 0.15) is 19.4 Å². The van der Waals surface area contributed by atoms with Crippen LogP contribution in [0.25, 0.3) is 0 Å². The van der Waals surface area contributed by atoms with Crippen molar-refractivity contribution in [2.45, 2.75) is 26.4 Å². The minimum absolute atomic E-state index is 0.0279. The van der Waals surface area contributed by atoms with E-state index in [0.29, 0.717) is 5.75 Å². The van der Waals surface area contributed by atoms with Gasteiger partial charge < -0.3 is 10.1 Å². The topological polar surface area (TPSA) is 75.7 Å². The summed E-state index contributed by atoms with van der Waals surface area (Å²) in [6.07, 6.45) is 1.10. The molecule has 0 bridgehead atoms. The Balaban J connectivity index is 2.81. The quantitative estimate of drug-likeness (QED) is 0.814. The van der Waals surface area contributed by atoms with Crippen LogP contribution >= 0.6 is 0 Å². The summed E-state index contributed by atoms with van der Waals surface area (Å²) in [5.74, 6) is 0.381. The summed E-state index contributed by atoms with van der Waals surface area (Å²) in [5.41, 5.74) is 0.790. The number of hydrogen-bond donors (Lipinski definition) is 1. The van der Waals surface area contributed by atoms with Crippen LogP contribution in [-0.4, -0.2) is 44.6 Å². The highest BCUT2D eigenvalue weighted by Gasteiger charge is 2.20. The SMILES string of the molecule is COc1ccc(CN(CC(=O)NC(C)C)S(C)(=O)=O)cc1. The number of sulfonamides is 1. The van der Waals surface area contributed by atoms with E-state index < -0.39 is 10.0 Å². The molecule has 0 aromatic heterocycles. The van der Waals surface area contributed by atoms with Crippen molar-refractivity contribution in [1.29, 1.82) is 0 Å². The van der Waals surface area contributed by atoms with Gasteiger partial charge in [0.05, 0.1) is 19.9 Å². The lowest BCUT2D eigenvalue weighted by molar-refractivity contribution is -0.121. The highest BCUT2D eigenvalue weighted by molar-refractivity contribution is 7.88. The van der Waals surface area contributed by atoms with Crippen molar-refractivity contribution in [2.75, 3.05) is 19.9 Å². The van der Waals surface area contributed by atoms with E-state index in [4.69, 9.17) is 4.74 Å². The van der Waals surface area contributed by atoms with Gasteiger partial charge in [0.15, 0.2) is 0 Å². The highest BCUT2D eigenvalue weighted by atomic mass is 32.2. The summed E-state index contributed by atoms with van der Waals surface area (Å²) in [6.45, 7) is 3.61. The molecular weight excluding hydrogens is 292 g/mol. The molecule has 0 spiro atoms. The molecule has 1 N–H and O–H groups in total. The summed E-state index contributed by atoms with van der Waals surface area (Å²) in [4.78, 5) is 11.8. The lowest BCUT2D eigenvalue weighted by Gasteiger charge is -2.20. The Hall–Kier alpha value is -1.60. The first-order valence-electron chi connectivity index (χ1n) is 6.59. The van der Waals surface area contributed by atoms with E-state index in [1.165, 1.54) is 0 Å². The average molecular weight is 314 g/mol. The molecule has 0 aliphatic rings. The van der Waals surface area contributed by atoms with Crippen LogP contribution in [0, 0.1) is 0 Å². The number of ether oxygens (including phenoxy) is 1. The van der Waals surface area contributed by atoms with Crippen molar-refractivity contribution in [3.63, 3.8) is 0 Å². The van der Waals surface area contributed by atoms with Crippen molar-refractivity contribution >= 4 is 15.9 Å². The lowest BCUT2D eigenvalue weighted by atomic mass is 10.2. The molecule has 0 aliphatic carbocycles. The zero-order valence-electron chi connectivity index (χ0n) is 12.8. The molecule has 7 heteroatoms. The largest absolute Gasteiger partial charge is 0.497 e. The van der Waals surface area contributed by atoms with Crippen molar-refractivity contribution in [3.05, 3.63) is 29.8 Å². The molecule has 0 radical (unpaired) electrons. The van der Waals surface area contributed by atoms with Gasteiger partial charge in [-0.3, -0.25) is 4.79 Å². The fourth-order valence-corrected chi connectivity index (χ4v) is 2.49. The van der Waals surface area contributed by atoms with Crippen LogP contribution in [0.5, 0.6) is 5.75 Å². The minimum atomic E-state index is -3.47. The Morgan fingerprint density at radius 1 is 1.29 bits per heavy atom. The lowest BCUT2D eigenvalue weighted by Crippen LogP contribution is -2.42. The second-order valence-corrected chi connectivity index (χ2v) is 7.08. The normalized spacial score (nSPS) is 11.7. The first-order valence-corrected chi connectivity index (χ1v) is 8.44. The van der Waals surface area contributed by atoms with E-state index in [2.05, 4.69) is 5.32 Å². The van der Waals surface area contributed by atoms with Crippen LogP contribution < -0.4 is 10.1 Å². The average Bonchev–Trinajstić information content (AvgIpc) is 2.36. The van der Waals surface area contributed by atoms with Gasteiger partial charge >= 0.3 is 0 Å². The number of amides is 1. The predicted octanol–water partition coefficient (Wildman–Crippen LogP) is 0.981. The molecule has 0 saturated heterocycles.